The Morgan fingerprint density at radius 2 is 1.68 bits per heavy atom. The van der Waals surface area contributed by atoms with Gasteiger partial charge in [-0.1, -0.05) is 30.7 Å². The van der Waals surface area contributed by atoms with Crippen molar-refractivity contribution in [1.29, 1.82) is 0 Å². The summed E-state index contributed by atoms with van der Waals surface area (Å²) in [5.74, 6) is -2.83. The predicted molar refractivity (Wildman–Crippen MR) is 93.1 cm³/mol. The zero-order valence-electron chi connectivity index (χ0n) is 14.3. The molecular formula is C17H21ClO6S. The number of carbonyl (C=O) groups is 2. The normalized spacial score (nSPS) is 21.4. The number of benzene rings is 1. The molecule has 8 heteroatoms. The molecule has 0 aromatic heterocycles. The highest BCUT2D eigenvalue weighted by molar-refractivity contribution is 7.92. The molecule has 1 saturated carbocycles. The lowest BCUT2D eigenvalue weighted by Crippen LogP contribution is -2.36. The molecule has 0 saturated heterocycles. The molecule has 138 valence electrons. The van der Waals surface area contributed by atoms with Crippen LogP contribution in [-0.4, -0.2) is 44.6 Å². The summed E-state index contributed by atoms with van der Waals surface area (Å²) in [6.07, 6.45) is 0. The van der Waals surface area contributed by atoms with Crippen molar-refractivity contribution in [1.82, 2.24) is 0 Å². The fourth-order valence-electron chi connectivity index (χ4n) is 3.23. The summed E-state index contributed by atoms with van der Waals surface area (Å²) in [7, 11) is -3.71. The van der Waals surface area contributed by atoms with Crippen LogP contribution >= 0.6 is 11.6 Å². The summed E-state index contributed by atoms with van der Waals surface area (Å²) in [4.78, 5) is 25.3. The number of carbonyl (C=O) groups excluding carboxylic acids is 2. The van der Waals surface area contributed by atoms with Gasteiger partial charge in [-0.2, -0.15) is 0 Å². The van der Waals surface area contributed by atoms with Crippen LogP contribution in [0, 0.1) is 5.41 Å². The molecule has 1 aromatic carbocycles. The molecule has 1 aliphatic rings. The summed E-state index contributed by atoms with van der Waals surface area (Å²) in [5.41, 5.74) is -1.39. The molecule has 0 bridgehead atoms. The maximum atomic E-state index is 12.7. The molecule has 0 aliphatic heterocycles. The van der Waals surface area contributed by atoms with Crippen LogP contribution in [0.3, 0.4) is 0 Å². The van der Waals surface area contributed by atoms with Gasteiger partial charge in [0.25, 0.3) is 0 Å². The molecule has 2 atom stereocenters. The van der Waals surface area contributed by atoms with Crippen LogP contribution in [0.15, 0.2) is 24.3 Å². The van der Waals surface area contributed by atoms with E-state index in [2.05, 4.69) is 0 Å². The first kappa shape index (κ1) is 19.7. The van der Waals surface area contributed by atoms with Crippen LogP contribution in [0.4, 0.5) is 0 Å². The highest BCUT2D eigenvalue weighted by Crippen LogP contribution is 2.64. The van der Waals surface area contributed by atoms with Crippen LogP contribution in [0.2, 0.25) is 5.02 Å². The minimum atomic E-state index is -3.71. The topological polar surface area (TPSA) is 86.7 Å². The zero-order valence-corrected chi connectivity index (χ0v) is 15.9. The Hall–Kier alpha value is -1.60. The van der Waals surface area contributed by atoms with Crippen LogP contribution in [0.1, 0.15) is 32.3 Å². The minimum absolute atomic E-state index is 0.0289. The fraction of sp³-hybridized carbons (Fsp3) is 0.529. The number of rotatable bonds is 7. The molecule has 0 amide bonds. The molecule has 1 aromatic rings. The Bertz CT molecular complexity index is 755. The fourth-order valence-corrected chi connectivity index (χ4v) is 5.41. The summed E-state index contributed by atoms with van der Waals surface area (Å²) in [6, 6.07) is 6.49. The van der Waals surface area contributed by atoms with Gasteiger partial charge in [-0.25, -0.2) is 8.42 Å². The number of ether oxygens (including phenoxy) is 2. The molecule has 25 heavy (non-hydrogen) atoms. The monoisotopic (exact) mass is 388 g/mol. The number of esters is 2. The quantitative estimate of drug-likeness (QED) is 0.526. The van der Waals surface area contributed by atoms with Gasteiger partial charge in [0.05, 0.1) is 18.5 Å². The van der Waals surface area contributed by atoms with Gasteiger partial charge in [0.1, 0.15) is 0 Å². The number of halogens is 1. The van der Waals surface area contributed by atoms with E-state index in [4.69, 9.17) is 21.1 Å². The van der Waals surface area contributed by atoms with Gasteiger partial charge in [0.2, 0.25) is 0 Å². The van der Waals surface area contributed by atoms with Crippen molar-refractivity contribution in [2.45, 2.75) is 31.9 Å². The van der Waals surface area contributed by atoms with Crippen molar-refractivity contribution in [2.24, 2.45) is 5.41 Å². The summed E-state index contributed by atoms with van der Waals surface area (Å²) >= 11 is 6.01. The van der Waals surface area contributed by atoms with E-state index in [1.165, 1.54) is 6.92 Å². The zero-order chi connectivity index (χ0) is 18.8. The van der Waals surface area contributed by atoms with Gasteiger partial charge in [0, 0.05) is 16.7 Å². The highest BCUT2D eigenvalue weighted by Gasteiger charge is 2.81. The van der Waals surface area contributed by atoms with Crippen molar-refractivity contribution in [2.75, 3.05) is 19.0 Å². The average molecular weight is 389 g/mol. The van der Waals surface area contributed by atoms with E-state index in [0.29, 0.717) is 10.6 Å². The van der Waals surface area contributed by atoms with Crippen molar-refractivity contribution in [3.63, 3.8) is 0 Å². The number of hydrogen-bond donors (Lipinski definition) is 0. The lowest BCUT2D eigenvalue weighted by atomic mass is 9.99. The van der Waals surface area contributed by atoms with Gasteiger partial charge in [-0.05, 0) is 31.5 Å². The van der Waals surface area contributed by atoms with Crippen LogP contribution in [-0.2, 0) is 28.9 Å². The molecule has 0 N–H and O–H groups in total. The standard InChI is InChI=1S/C17H21ClO6S/c1-4-23-15(19)17(16(20)24-5-2)13(14(17)25(21,22)6-3)11-8-7-9-12(18)10-11/h7-10,13-14H,4-6H2,1-3H3/t13-,14-/m1/s1. The molecule has 0 spiro atoms. The summed E-state index contributed by atoms with van der Waals surface area (Å²) in [5, 5.41) is -0.833. The number of sulfone groups is 1. The molecule has 0 unspecified atom stereocenters. The molecule has 0 radical (unpaired) electrons. The van der Waals surface area contributed by atoms with Crippen molar-refractivity contribution in [3.05, 3.63) is 34.9 Å². The van der Waals surface area contributed by atoms with Gasteiger partial charge in [-0.3, -0.25) is 9.59 Å². The first-order chi connectivity index (χ1) is 11.8. The van der Waals surface area contributed by atoms with E-state index >= 15 is 0 Å². The maximum absolute atomic E-state index is 12.7. The third-order valence-corrected chi connectivity index (χ3v) is 6.81. The Labute approximate surface area is 152 Å². The third-order valence-electron chi connectivity index (χ3n) is 4.36. The van der Waals surface area contributed by atoms with Crippen LogP contribution < -0.4 is 0 Å². The maximum Gasteiger partial charge on any atom is 0.325 e. The van der Waals surface area contributed by atoms with E-state index in [0.717, 1.165) is 0 Å². The molecular weight excluding hydrogens is 368 g/mol. The Balaban J connectivity index is 2.63. The van der Waals surface area contributed by atoms with Crippen LogP contribution in [0.25, 0.3) is 0 Å². The van der Waals surface area contributed by atoms with E-state index in [1.54, 1.807) is 38.1 Å². The smallest absolute Gasteiger partial charge is 0.325 e. The summed E-state index contributed by atoms with van der Waals surface area (Å²) in [6.45, 7) is 4.72. The first-order valence-electron chi connectivity index (χ1n) is 8.08. The van der Waals surface area contributed by atoms with E-state index in [-0.39, 0.29) is 19.0 Å². The van der Waals surface area contributed by atoms with Gasteiger partial charge >= 0.3 is 11.9 Å². The summed E-state index contributed by atoms with van der Waals surface area (Å²) < 4.78 is 35.3. The first-order valence-corrected chi connectivity index (χ1v) is 10.2. The van der Waals surface area contributed by atoms with Crippen molar-refractivity contribution in [3.8, 4) is 0 Å². The lowest BCUT2D eigenvalue weighted by molar-refractivity contribution is -0.164. The highest BCUT2D eigenvalue weighted by atomic mass is 35.5. The second-order valence-electron chi connectivity index (χ2n) is 5.71. The SMILES string of the molecule is CCOC(=O)C1(C(=O)OCC)[C@H](c2cccc(Cl)c2)[C@H]1S(=O)(=O)CC. The molecule has 0 heterocycles. The average Bonchev–Trinajstić information content (AvgIpc) is 3.28. The minimum Gasteiger partial charge on any atom is -0.465 e. The second-order valence-corrected chi connectivity index (χ2v) is 8.56. The van der Waals surface area contributed by atoms with E-state index < -0.39 is 38.4 Å². The predicted octanol–water partition coefficient (Wildman–Crippen LogP) is 2.35. The van der Waals surface area contributed by atoms with Crippen LogP contribution in [0.5, 0.6) is 0 Å². The van der Waals surface area contributed by atoms with E-state index in [1.807, 2.05) is 0 Å². The second kappa shape index (κ2) is 7.33. The largest absolute Gasteiger partial charge is 0.465 e. The molecule has 1 aliphatic carbocycles. The molecule has 2 rings (SSSR count). The Kier molecular flexibility index (Phi) is 5.79. The molecule has 1 fully saturated rings. The third kappa shape index (κ3) is 3.27. The van der Waals surface area contributed by atoms with E-state index in [9.17, 15) is 18.0 Å². The number of hydrogen-bond acceptors (Lipinski definition) is 6. The van der Waals surface area contributed by atoms with Crippen molar-refractivity contribution >= 4 is 33.4 Å². The van der Waals surface area contributed by atoms with Gasteiger partial charge in [0.15, 0.2) is 15.3 Å². The Morgan fingerprint density at radius 3 is 2.12 bits per heavy atom. The Morgan fingerprint density at radius 1 is 1.12 bits per heavy atom. The van der Waals surface area contributed by atoms with Gasteiger partial charge in [-0.15, -0.1) is 0 Å². The van der Waals surface area contributed by atoms with Crippen molar-refractivity contribution < 1.29 is 27.5 Å². The lowest BCUT2D eigenvalue weighted by Gasteiger charge is -2.15. The van der Waals surface area contributed by atoms with Gasteiger partial charge < -0.3 is 9.47 Å². The molecule has 6 nitrogen and oxygen atoms in total.